The zero-order valence-electron chi connectivity index (χ0n) is 15.8. The number of fused-ring (bicyclic) bond motifs is 1. The Morgan fingerprint density at radius 2 is 1.93 bits per heavy atom. The summed E-state index contributed by atoms with van der Waals surface area (Å²) in [5.41, 5.74) is 5.42. The Morgan fingerprint density at radius 3 is 2.56 bits per heavy atom. The molecule has 1 fully saturated rings. The smallest absolute Gasteiger partial charge is 0.119 e. The van der Waals surface area contributed by atoms with Gasteiger partial charge in [-0.15, -0.1) is 0 Å². The van der Waals surface area contributed by atoms with E-state index in [1.54, 1.807) is 7.11 Å². The van der Waals surface area contributed by atoms with Crippen molar-refractivity contribution < 1.29 is 4.74 Å². The Labute approximate surface area is 168 Å². The fourth-order valence-electron chi connectivity index (χ4n) is 4.30. The van der Waals surface area contributed by atoms with Crippen molar-refractivity contribution in [2.24, 2.45) is 0 Å². The topological polar surface area (TPSA) is 37.9 Å². The molecule has 27 heavy (non-hydrogen) atoms. The van der Waals surface area contributed by atoms with Crippen molar-refractivity contribution in [1.82, 2.24) is 4.57 Å². The highest BCUT2D eigenvalue weighted by molar-refractivity contribution is 9.10. The van der Waals surface area contributed by atoms with Crippen LogP contribution in [0.3, 0.4) is 0 Å². The van der Waals surface area contributed by atoms with Gasteiger partial charge in [0.1, 0.15) is 5.75 Å². The van der Waals surface area contributed by atoms with Crippen molar-refractivity contribution in [1.29, 1.82) is 5.26 Å². The molecule has 0 amide bonds. The summed E-state index contributed by atoms with van der Waals surface area (Å²) < 4.78 is 9.02. The van der Waals surface area contributed by atoms with Gasteiger partial charge in [-0.3, -0.25) is 0 Å². The first-order valence-electron chi connectivity index (χ1n) is 9.37. The number of aromatic nitrogens is 1. The van der Waals surface area contributed by atoms with Crippen LogP contribution in [0.2, 0.25) is 0 Å². The molecule has 1 saturated carbocycles. The molecule has 1 aromatic heterocycles. The van der Waals surface area contributed by atoms with Crippen molar-refractivity contribution in [3.8, 4) is 11.8 Å². The fourth-order valence-corrected chi connectivity index (χ4v) is 4.57. The summed E-state index contributed by atoms with van der Waals surface area (Å²) in [7, 11) is 1.72. The highest BCUT2D eigenvalue weighted by Crippen LogP contribution is 2.55. The summed E-state index contributed by atoms with van der Waals surface area (Å²) in [5.74, 6) is 0.889. The predicted octanol–water partition coefficient (Wildman–Crippen LogP) is 6.10. The van der Waals surface area contributed by atoms with Gasteiger partial charge in [0.05, 0.1) is 13.2 Å². The van der Waals surface area contributed by atoms with Gasteiger partial charge in [0, 0.05) is 34.0 Å². The van der Waals surface area contributed by atoms with Crippen LogP contribution in [0.1, 0.15) is 42.5 Å². The van der Waals surface area contributed by atoms with Crippen molar-refractivity contribution >= 4 is 26.8 Å². The van der Waals surface area contributed by atoms with Crippen LogP contribution in [-0.2, 0) is 12.0 Å². The average Bonchev–Trinajstić information content (AvgIpc) is 3.41. The van der Waals surface area contributed by atoms with Crippen LogP contribution in [0.4, 0.5) is 0 Å². The second kappa shape index (κ2) is 7.05. The second-order valence-electron chi connectivity index (χ2n) is 7.49. The molecule has 3 nitrogen and oxygen atoms in total. The number of rotatable bonds is 6. The first-order chi connectivity index (χ1) is 13.1. The van der Waals surface area contributed by atoms with Crippen molar-refractivity contribution in [3.63, 3.8) is 0 Å². The molecule has 138 valence electrons. The Bertz CT molecular complexity index is 1020. The minimum atomic E-state index is 0.162. The molecule has 0 spiro atoms. The highest BCUT2D eigenvalue weighted by atomic mass is 79.9. The summed E-state index contributed by atoms with van der Waals surface area (Å²) in [5, 5.41) is 10.4. The van der Waals surface area contributed by atoms with E-state index in [2.05, 4.69) is 69.9 Å². The van der Waals surface area contributed by atoms with Gasteiger partial charge in [-0.25, -0.2) is 0 Å². The van der Waals surface area contributed by atoms with E-state index in [4.69, 9.17) is 10.00 Å². The summed E-state index contributed by atoms with van der Waals surface area (Å²) in [6.45, 7) is 3.07. The summed E-state index contributed by atoms with van der Waals surface area (Å²) in [6, 6.07) is 17.2. The van der Waals surface area contributed by atoms with Gasteiger partial charge in [-0.1, -0.05) is 28.1 Å². The lowest BCUT2D eigenvalue weighted by molar-refractivity contribution is 0.415. The van der Waals surface area contributed by atoms with E-state index in [1.165, 1.54) is 40.6 Å². The molecule has 2 aromatic carbocycles. The van der Waals surface area contributed by atoms with E-state index >= 15 is 0 Å². The molecule has 0 bridgehead atoms. The molecule has 4 rings (SSSR count). The molecular formula is C23H23BrN2O. The molecule has 0 saturated heterocycles. The van der Waals surface area contributed by atoms with E-state index in [-0.39, 0.29) is 5.41 Å². The molecule has 0 aliphatic heterocycles. The zero-order valence-corrected chi connectivity index (χ0v) is 17.3. The van der Waals surface area contributed by atoms with Crippen LogP contribution in [-0.4, -0.2) is 11.7 Å². The van der Waals surface area contributed by atoms with E-state index in [0.29, 0.717) is 6.42 Å². The molecule has 0 N–H and O–H groups in total. The fraction of sp³-hybridized carbons (Fsp3) is 0.348. The minimum Gasteiger partial charge on any atom is -0.497 e. The third-order valence-electron chi connectivity index (χ3n) is 5.88. The Balaban J connectivity index is 1.86. The van der Waals surface area contributed by atoms with E-state index in [0.717, 1.165) is 23.2 Å². The normalized spacial score (nSPS) is 14.9. The molecule has 0 atom stereocenters. The van der Waals surface area contributed by atoms with Gasteiger partial charge in [-0.2, -0.15) is 5.26 Å². The van der Waals surface area contributed by atoms with Crippen LogP contribution in [0, 0.1) is 18.3 Å². The Morgan fingerprint density at radius 1 is 1.19 bits per heavy atom. The van der Waals surface area contributed by atoms with Crippen LogP contribution in [0.25, 0.3) is 10.9 Å². The average molecular weight is 423 g/mol. The summed E-state index contributed by atoms with van der Waals surface area (Å²) in [6.07, 6.45) is 3.90. The second-order valence-corrected chi connectivity index (χ2v) is 8.41. The number of nitriles is 1. The monoisotopic (exact) mass is 422 g/mol. The first-order valence-corrected chi connectivity index (χ1v) is 10.2. The Kier molecular flexibility index (Phi) is 4.74. The van der Waals surface area contributed by atoms with Gasteiger partial charge < -0.3 is 9.30 Å². The van der Waals surface area contributed by atoms with Crippen LogP contribution >= 0.6 is 15.9 Å². The standard InChI is InChI=1S/C23H23BrN2O/c1-16-22(23(11-12-23)10-3-13-25)20-14-19(27-2)8-9-21(20)26(16)15-17-4-6-18(24)7-5-17/h4-9,14H,3,10-12,15H2,1-2H3. The predicted molar refractivity (Wildman–Crippen MR) is 112 cm³/mol. The molecule has 0 unspecified atom stereocenters. The maximum Gasteiger partial charge on any atom is 0.119 e. The number of hydrogen-bond acceptors (Lipinski definition) is 2. The van der Waals surface area contributed by atoms with Gasteiger partial charge in [0.15, 0.2) is 0 Å². The van der Waals surface area contributed by atoms with Gasteiger partial charge in [0.25, 0.3) is 0 Å². The Hall–Kier alpha value is -2.25. The summed E-state index contributed by atoms with van der Waals surface area (Å²) in [4.78, 5) is 0. The SMILES string of the molecule is COc1ccc2c(c1)c(C1(CCC#N)CC1)c(C)n2Cc1ccc(Br)cc1. The molecule has 1 aliphatic rings. The lowest BCUT2D eigenvalue weighted by Gasteiger charge is -2.16. The molecule has 3 aromatic rings. The maximum atomic E-state index is 9.11. The number of methoxy groups -OCH3 is 1. The number of benzene rings is 2. The minimum absolute atomic E-state index is 0.162. The van der Waals surface area contributed by atoms with Gasteiger partial charge in [-0.05, 0) is 73.1 Å². The third-order valence-corrected chi connectivity index (χ3v) is 6.41. The summed E-state index contributed by atoms with van der Waals surface area (Å²) >= 11 is 3.52. The molecule has 1 heterocycles. The van der Waals surface area contributed by atoms with E-state index in [1.807, 2.05) is 6.07 Å². The molecule has 0 radical (unpaired) electrons. The van der Waals surface area contributed by atoms with Gasteiger partial charge in [0.2, 0.25) is 0 Å². The van der Waals surface area contributed by atoms with Crippen molar-refractivity contribution in [3.05, 3.63) is 63.8 Å². The quantitative estimate of drug-likeness (QED) is 0.480. The number of hydrogen-bond donors (Lipinski definition) is 0. The highest BCUT2D eigenvalue weighted by Gasteiger charge is 2.46. The van der Waals surface area contributed by atoms with E-state index < -0.39 is 0 Å². The van der Waals surface area contributed by atoms with Gasteiger partial charge >= 0.3 is 0 Å². The number of nitrogens with zero attached hydrogens (tertiary/aromatic N) is 2. The van der Waals surface area contributed by atoms with Crippen LogP contribution < -0.4 is 4.74 Å². The van der Waals surface area contributed by atoms with E-state index in [9.17, 15) is 0 Å². The number of halogens is 1. The molecule has 4 heteroatoms. The number of ether oxygens (including phenoxy) is 1. The zero-order chi connectivity index (χ0) is 19.0. The molecule has 1 aliphatic carbocycles. The lowest BCUT2D eigenvalue weighted by Crippen LogP contribution is -2.09. The van der Waals surface area contributed by atoms with Crippen molar-refractivity contribution in [2.75, 3.05) is 7.11 Å². The maximum absolute atomic E-state index is 9.11. The van der Waals surface area contributed by atoms with Crippen molar-refractivity contribution in [2.45, 2.75) is 44.6 Å². The van der Waals surface area contributed by atoms with Crippen LogP contribution in [0.15, 0.2) is 46.9 Å². The molecular weight excluding hydrogens is 400 g/mol. The lowest BCUT2D eigenvalue weighted by atomic mass is 9.89. The van der Waals surface area contributed by atoms with Crippen LogP contribution in [0.5, 0.6) is 5.75 Å². The first kappa shape index (κ1) is 18.1. The third kappa shape index (κ3) is 3.26. The largest absolute Gasteiger partial charge is 0.497 e.